The zero-order valence-corrected chi connectivity index (χ0v) is 8.06. The van der Waals surface area contributed by atoms with Crippen LogP contribution in [-0.2, 0) is 5.41 Å². The van der Waals surface area contributed by atoms with Crippen LogP contribution < -0.4 is 0 Å². The van der Waals surface area contributed by atoms with Crippen molar-refractivity contribution in [1.29, 1.82) is 5.26 Å². The highest BCUT2D eigenvalue weighted by atomic mass is 19.1. The first kappa shape index (κ1) is 9.73. The van der Waals surface area contributed by atoms with Gasteiger partial charge >= 0.3 is 0 Å². The molecule has 1 rings (SSSR count). The van der Waals surface area contributed by atoms with E-state index >= 15 is 0 Å². The van der Waals surface area contributed by atoms with Crippen molar-refractivity contribution in [2.24, 2.45) is 0 Å². The molecule has 1 nitrogen and oxygen atoms in total. The fraction of sp³-hybridized carbons (Fsp3) is 0.364. The molecule has 0 aliphatic rings. The topological polar surface area (TPSA) is 23.8 Å². The van der Waals surface area contributed by atoms with Crippen molar-refractivity contribution in [2.45, 2.75) is 26.2 Å². The highest BCUT2D eigenvalue weighted by molar-refractivity contribution is 5.42. The zero-order chi connectivity index (χ0) is 10.1. The average Bonchev–Trinajstić information content (AvgIpc) is 2.01. The molecule has 0 saturated carbocycles. The van der Waals surface area contributed by atoms with E-state index in [9.17, 15) is 4.39 Å². The lowest BCUT2D eigenvalue weighted by molar-refractivity contribution is 0.521. The van der Waals surface area contributed by atoms with Gasteiger partial charge in [0.15, 0.2) is 0 Å². The molecule has 0 unspecified atom stereocenters. The maximum atomic E-state index is 13.4. The number of nitriles is 1. The van der Waals surface area contributed by atoms with Crippen LogP contribution in [0.1, 0.15) is 31.9 Å². The van der Waals surface area contributed by atoms with Crippen LogP contribution in [0.4, 0.5) is 4.39 Å². The molecule has 0 aliphatic heterocycles. The molecule has 0 fully saturated rings. The van der Waals surface area contributed by atoms with Crippen LogP contribution in [0.5, 0.6) is 0 Å². The summed E-state index contributed by atoms with van der Waals surface area (Å²) >= 11 is 0. The van der Waals surface area contributed by atoms with E-state index in [4.69, 9.17) is 5.26 Å². The monoisotopic (exact) mass is 177 g/mol. The van der Waals surface area contributed by atoms with Crippen LogP contribution in [0.3, 0.4) is 0 Å². The molecule has 0 saturated heterocycles. The predicted octanol–water partition coefficient (Wildman–Crippen LogP) is 2.99. The smallest absolute Gasteiger partial charge is 0.128 e. The normalized spacial score (nSPS) is 11.0. The predicted molar refractivity (Wildman–Crippen MR) is 49.8 cm³/mol. The molecule has 0 spiro atoms. The first-order valence-corrected chi connectivity index (χ1v) is 4.16. The summed E-state index contributed by atoms with van der Waals surface area (Å²) in [5.41, 5.74) is 0.598. The van der Waals surface area contributed by atoms with Gasteiger partial charge in [0.2, 0.25) is 0 Å². The van der Waals surface area contributed by atoms with Crippen molar-refractivity contribution in [3.8, 4) is 6.07 Å². The number of hydrogen-bond acceptors (Lipinski definition) is 1. The summed E-state index contributed by atoms with van der Waals surface area (Å²) in [6, 6.07) is 6.59. The summed E-state index contributed by atoms with van der Waals surface area (Å²) in [5.74, 6) is -0.299. The Hall–Kier alpha value is -1.36. The van der Waals surface area contributed by atoms with Crippen molar-refractivity contribution < 1.29 is 4.39 Å². The summed E-state index contributed by atoms with van der Waals surface area (Å²) in [6.07, 6.45) is 0. The molecule has 1 aromatic rings. The minimum atomic E-state index is -0.323. The number of rotatable bonds is 0. The molecular formula is C11H12FN. The Morgan fingerprint density at radius 1 is 1.31 bits per heavy atom. The number of nitrogens with zero attached hydrogens (tertiary/aromatic N) is 1. The third-order valence-corrected chi connectivity index (χ3v) is 1.88. The van der Waals surface area contributed by atoms with Gasteiger partial charge in [-0.3, -0.25) is 0 Å². The minimum absolute atomic E-state index is 0.299. The van der Waals surface area contributed by atoms with Crippen LogP contribution in [0.2, 0.25) is 0 Å². The summed E-state index contributed by atoms with van der Waals surface area (Å²) in [4.78, 5) is 0. The molecule has 0 amide bonds. The van der Waals surface area contributed by atoms with E-state index in [1.54, 1.807) is 12.1 Å². The second-order valence-corrected chi connectivity index (χ2v) is 4.02. The molecule has 0 radical (unpaired) electrons. The van der Waals surface area contributed by atoms with Crippen LogP contribution >= 0.6 is 0 Å². The van der Waals surface area contributed by atoms with Crippen LogP contribution in [0.25, 0.3) is 0 Å². The van der Waals surface area contributed by atoms with E-state index in [0.29, 0.717) is 11.1 Å². The molecule has 2 heteroatoms. The van der Waals surface area contributed by atoms with E-state index in [1.165, 1.54) is 6.07 Å². The van der Waals surface area contributed by atoms with E-state index in [2.05, 4.69) is 0 Å². The van der Waals surface area contributed by atoms with Crippen LogP contribution in [0, 0.1) is 17.1 Å². The van der Waals surface area contributed by atoms with E-state index < -0.39 is 0 Å². The van der Waals surface area contributed by atoms with Gasteiger partial charge in [0, 0.05) is 5.56 Å². The summed E-state index contributed by atoms with van der Waals surface area (Å²) in [7, 11) is 0. The third-order valence-electron chi connectivity index (χ3n) is 1.88. The number of benzene rings is 1. The van der Waals surface area contributed by atoms with Crippen molar-refractivity contribution in [3.05, 3.63) is 35.1 Å². The van der Waals surface area contributed by atoms with Crippen molar-refractivity contribution in [3.63, 3.8) is 0 Å². The molecule has 0 aromatic heterocycles. The fourth-order valence-electron chi connectivity index (χ4n) is 1.38. The molecule has 13 heavy (non-hydrogen) atoms. The Labute approximate surface area is 77.8 Å². The second kappa shape index (κ2) is 3.18. The summed E-state index contributed by atoms with van der Waals surface area (Å²) in [6.45, 7) is 5.69. The first-order chi connectivity index (χ1) is 5.96. The lowest BCUT2D eigenvalue weighted by Crippen LogP contribution is -2.15. The van der Waals surface area contributed by atoms with Gasteiger partial charge in [0.1, 0.15) is 5.82 Å². The fourth-order valence-corrected chi connectivity index (χ4v) is 1.38. The van der Waals surface area contributed by atoms with Gasteiger partial charge in [-0.1, -0.05) is 26.8 Å². The lowest BCUT2D eigenvalue weighted by atomic mass is 9.83. The first-order valence-electron chi connectivity index (χ1n) is 4.16. The third kappa shape index (κ3) is 1.86. The molecule has 1 aromatic carbocycles. The zero-order valence-electron chi connectivity index (χ0n) is 8.06. The van der Waals surface area contributed by atoms with Gasteiger partial charge in [0.05, 0.1) is 11.6 Å². The quantitative estimate of drug-likeness (QED) is 0.597. The Morgan fingerprint density at radius 3 is 2.31 bits per heavy atom. The van der Waals surface area contributed by atoms with Gasteiger partial charge in [-0.25, -0.2) is 4.39 Å². The van der Waals surface area contributed by atoms with Gasteiger partial charge in [-0.2, -0.15) is 5.26 Å². The van der Waals surface area contributed by atoms with Crippen molar-refractivity contribution in [2.75, 3.05) is 0 Å². The van der Waals surface area contributed by atoms with Gasteiger partial charge < -0.3 is 0 Å². The van der Waals surface area contributed by atoms with Crippen molar-refractivity contribution >= 4 is 0 Å². The van der Waals surface area contributed by atoms with Gasteiger partial charge in [-0.05, 0) is 17.5 Å². The molecule has 68 valence electrons. The Balaban J connectivity index is 3.43. The van der Waals surface area contributed by atoms with Crippen LogP contribution in [0.15, 0.2) is 18.2 Å². The van der Waals surface area contributed by atoms with Gasteiger partial charge in [0.25, 0.3) is 0 Å². The second-order valence-electron chi connectivity index (χ2n) is 4.02. The van der Waals surface area contributed by atoms with Crippen molar-refractivity contribution in [1.82, 2.24) is 0 Å². The summed E-state index contributed by atoms with van der Waals surface area (Å²) < 4.78 is 13.4. The maximum absolute atomic E-state index is 13.4. The Morgan fingerprint density at radius 2 is 1.92 bits per heavy atom. The summed E-state index contributed by atoms with van der Waals surface area (Å²) in [5, 5.41) is 8.79. The number of halogens is 1. The minimum Gasteiger partial charge on any atom is -0.207 e. The molecular weight excluding hydrogens is 165 g/mol. The molecule has 0 aliphatic carbocycles. The molecule has 0 atom stereocenters. The van der Waals surface area contributed by atoms with E-state index in [0.717, 1.165) is 0 Å². The lowest BCUT2D eigenvalue weighted by Gasteiger charge is -2.20. The van der Waals surface area contributed by atoms with E-state index in [1.807, 2.05) is 26.8 Å². The van der Waals surface area contributed by atoms with Gasteiger partial charge in [-0.15, -0.1) is 0 Å². The highest BCUT2D eigenvalue weighted by Crippen LogP contribution is 2.27. The SMILES string of the molecule is CC(C)(C)c1c(F)cccc1C#N. The molecule has 0 bridgehead atoms. The van der Waals surface area contributed by atoms with Crippen LogP contribution in [-0.4, -0.2) is 0 Å². The van der Waals surface area contributed by atoms with E-state index in [-0.39, 0.29) is 11.2 Å². The number of hydrogen-bond donors (Lipinski definition) is 0. The Bertz CT molecular complexity index is 355. The Kier molecular flexibility index (Phi) is 2.38. The largest absolute Gasteiger partial charge is 0.207 e. The average molecular weight is 177 g/mol. The molecule has 0 N–H and O–H groups in total. The standard InChI is InChI=1S/C11H12FN/c1-11(2,3)10-8(7-13)5-4-6-9(10)12/h4-6H,1-3H3. The molecule has 0 heterocycles. The maximum Gasteiger partial charge on any atom is 0.128 e. The highest BCUT2D eigenvalue weighted by Gasteiger charge is 2.21.